The molecule has 0 aliphatic heterocycles. The average Bonchev–Trinajstić information content (AvgIpc) is 2.81. The van der Waals surface area contributed by atoms with Crippen molar-refractivity contribution >= 4 is 39.1 Å². The minimum absolute atomic E-state index is 0.0547. The van der Waals surface area contributed by atoms with Gasteiger partial charge in [-0.05, 0) is 36.6 Å². The third kappa shape index (κ3) is 7.11. The number of hydrogen-bond acceptors (Lipinski definition) is 5. The van der Waals surface area contributed by atoms with Gasteiger partial charge in [-0.1, -0.05) is 48.9 Å². The number of para-hydroxylation sites is 2. The molecule has 1 atom stereocenters. The summed E-state index contributed by atoms with van der Waals surface area (Å²) in [7, 11) is -0.615. The third-order valence-corrected chi connectivity index (χ3v) is 6.99. The number of rotatable bonds is 12. The topological polar surface area (TPSA) is 96.0 Å². The molecule has 0 bridgehead atoms. The Morgan fingerprint density at radius 1 is 1.12 bits per heavy atom. The summed E-state index contributed by atoms with van der Waals surface area (Å²) in [5.74, 6) is -0.108. The van der Waals surface area contributed by atoms with Gasteiger partial charge in [-0.3, -0.25) is 13.9 Å². The van der Waals surface area contributed by atoms with Crippen LogP contribution in [0.5, 0.6) is 5.75 Å². The predicted octanol–water partition coefficient (Wildman–Crippen LogP) is 3.45. The number of anilines is 1. The second-order valence-electron chi connectivity index (χ2n) is 7.76. The molecule has 0 fully saturated rings. The number of nitrogens with zero attached hydrogens (tertiary/aromatic N) is 2. The van der Waals surface area contributed by atoms with E-state index in [0.717, 1.165) is 11.8 Å². The van der Waals surface area contributed by atoms with Gasteiger partial charge in [0.05, 0.1) is 19.1 Å². The van der Waals surface area contributed by atoms with Crippen LogP contribution in [0.4, 0.5) is 5.69 Å². The second kappa shape index (κ2) is 12.6. The Kier molecular flexibility index (Phi) is 10.2. The van der Waals surface area contributed by atoms with Gasteiger partial charge in [0.2, 0.25) is 21.8 Å². The standard InChI is InChI=1S/C24H32ClN3O5S/c1-5-20(24(30)26-2)27(17-18-11-6-7-12-19(18)25)23(29)15-10-16-28(34(4,31)32)21-13-8-9-14-22(21)33-3/h6-9,11-14,20H,5,10,15-17H2,1-4H3,(H,26,30)/t20-/m0/s1. The lowest BCUT2D eigenvalue weighted by atomic mass is 10.1. The summed E-state index contributed by atoms with van der Waals surface area (Å²) in [5.41, 5.74) is 1.14. The van der Waals surface area contributed by atoms with Crippen molar-refractivity contribution in [3.05, 3.63) is 59.1 Å². The van der Waals surface area contributed by atoms with E-state index in [1.54, 1.807) is 36.4 Å². The quantitative estimate of drug-likeness (QED) is 0.472. The van der Waals surface area contributed by atoms with E-state index in [9.17, 15) is 18.0 Å². The number of benzene rings is 2. The number of halogens is 1. The van der Waals surface area contributed by atoms with Gasteiger partial charge in [-0.25, -0.2) is 8.42 Å². The summed E-state index contributed by atoms with van der Waals surface area (Å²) in [6.45, 7) is 2.09. The van der Waals surface area contributed by atoms with Crippen molar-refractivity contribution in [1.29, 1.82) is 0 Å². The predicted molar refractivity (Wildman–Crippen MR) is 135 cm³/mol. The van der Waals surface area contributed by atoms with Crippen LogP contribution in [-0.2, 0) is 26.2 Å². The molecule has 0 saturated carbocycles. The van der Waals surface area contributed by atoms with Crippen LogP contribution >= 0.6 is 11.6 Å². The molecule has 2 amide bonds. The molecule has 10 heteroatoms. The molecule has 0 aromatic heterocycles. The number of carbonyl (C=O) groups excluding carboxylic acids is 2. The largest absolute Gasteiger partial charge is 0.495 e. The van der Waals surface area contributed by atoms with Crippen molar-refractivity contribution in [2.75, 3.05) is 31.3 Å². The number of amides is 2. The molecule has 186 valence electrons. The van der Waals surface area contributed by atoms with E-state index in [1.807, 2.05) is 19.1 Å². The maximum Gasteiger partial charge on any atom is 0.242 e. The highest BCUT2D eigenvalue weighted by Crippen LogP contribution is 2.30. The highest BCUT2D eigenvalue weighted by molar-refractivity contribution is 7.92. The molecule has 0 aliphatic rings. The molecule has 2 aromatic carbocycles. The first kappa shape index (κ1) is 27.5. The van der Waals surface area contributed by atoms with Crippen molar-refractivity contribution in [2.24, 2.45) is 0 Å². The zero-order chi connectivity index (χ0) is 25.3. The van der Waals surface area contributed by atoms with Crippen LogP contribution in [0.2, 0.25) is 5.02 Å². The Bertz CT molecular complexity index is 1090. The molecule has 1 N–H and O–H groups in total. The second-order valence-corrected chi connectivity index (χ2v) is 10.1. The minimum atomic E-state index is -3.61. The molecule has 0 radical (unpaired) electrons. The summed E-state index contributed by atoms with van der Waals surface area (Å²) in [6, 6.07) is 13.3. The Morgan fingerprint density at radius 2 is 1.76 bits per heavy atom. The van der Waals surface area contributed by atoms with Crippen LogP contribution in [0.25, 0.3) is 0 Å². The first-order valence-corrected chi connectivity index (χ1v) is 13.2. The summed E-state index contributed by atoms with van der Waals surface area (Å²) in [5, 5.41) is 3.12. The number of hydrogen-bond donors (Lipinski definition) is 1. The number of methoxy groups -OCH3 is 1. The number of likely N-dealkylation sites (N-methyl/N-ethyl adjacent to an activating group) is 1. The molecular formula is C24H32ClN3O5S. The normalized spacial score (nSPS) is 12.0. The number of nitrogens with one attached hydrogen (secondary N) is 1. The van der Waals surface area contributed by atoms with Crippen molar-refractivity contribution < 1.29 is 22.7 Å². The third-order valence-electron chi connectivity index (χ3n) is 5.44. The molecule has 0 spiro atoms. The lowest BCUT2D eigenvalue weighted by molar-refractivity contribution is -0.141. The lowest BCUT2D eigenvalue weighted by Gasteiger charge is -2.31. The molecular weight excluding hydrogens is 478 g/mol. The molecule has 2 aromatic rings. The van der Waals surface area contributed by atoms with Crippen LogP contribution in [-0.4, -0.2) is 58.1 Å². The first-order chi connectivity index (χ1) is 16.1. The summed E-state index contributed by atoms with van der Waals surface area (Å²) in [4.78, 5) is 27.3. The first-order valence-electron chi connectivity index (χ1n) is 11.0. The van der Waals surface area contributed by atoms with Crippen molar-refractivity contribution in [2.45, 2.75) is 38.8 Å². The zero-order valence-corrected chi connectivity index (χ0v) is 21.5. The van der Waals surface area contributed by atoms with E-state index < -0.39 is 16.1 Å². The Balaban J connectivity index is 2.23. The minimum Gasteiger partial charge on any atom is -0.495 e. The maximum atomic E-state index is 13.3. The smallest absolute Gasteiger partial charge is 0.242 e. The van der Waals surface area contributed by atoms with Gasteiger partial charge in [0.1, 0.15) is 11.8 Å². The van der Waals surface area contributed by atoms with Gasteiger partial charge < -0.3 is 15.0 Å². The van der Waals surface area contributed by atoms with Crippen molar-refractivity contribution in [1.82, 2.24) is 10.2 Å². The fourth-order valence-electron chi connectivity index (χ4n) is 3.71. The van der Waals surface area contributed by atoms with Crippen molar-refractivity contribution in [3.8, 4) is 5.75 Å². The zero-order valence-electron chi connectivity index (χ0n) is 20.0. The van der Waals surface area contributed by atoms with Gasteiger partial charge >= 0.3 is 0 Å². The van der Waals surface area contributed by atoms with Crippen molar-refractivity contribution in [3.63, 3.8) is 0 Å². The van der Waals surface area contributed by atoms with E-state index >= 15 is 0 Å². The summed E-state index contributed by atoms with van der Waals surface area (Å²) < 4.78 is 31.5. The summed E-state index contributed by atoms with van der Waals surface area (Å²) >= 11 is 6.30. The highest BCUT2D eigenvalue weighted by Gasteiger charge is 2.29. The van der Waals surface area contributed by atoms with E-state index in [2.05, 4.69) is 5.32 Å². The molecule has 0 heterocycles. The molecule has 0 aliphatic carbocycles. The number of sulfonamides is 1. The van der Waals surface area contributed by atoms with Gasteiger partial charge in [-0.15, -0.1) is 0 Å². The van der Waals surface area contributed by atoms with Crippen LogP contribution in [0.15, 0.2) is 48.5 Å². The number of ether oxygens (including phenoxy) is 1. The fourth-order valence-corrected chi connectivity index (χ4v) is 4.88. The maximum absolute atomic E-state index is 13.3. The van der Waals surface area contributed by atoms with E-state index in [1.165, 1.54) is 23.4 Å². The van der Waals surface area contributed by atoms with Gasteiger partial charge in [0, 0.05) is 31.6 Å². The molecule has 34 heavy (non-hydrogen) atoms. The average molecular weight is 510 g/mol. The molecule has 2 rings (SSSR count). The Labute approximate surface area is 206 Å². The molecule has 0 saturated heterocycles. The van der Waals surface area contributed by atoms with E-state index in [-0.39, 0.29) is 37.7 Å². The highest BCUT2D eigenvalue weighted by atomic mass is 35.5. The van der Waals surface area contributed by atoms with Gasteiger partial charge in [0.25, 0.3) is 0 Å². The number of carbonyl (C=O) groups is 2. The van der Waals surface area contributed by atoms with E-state index in [0.29, 0.717) is 22.9 Å². The Hall–Kier alpha value is -2.78. The SMILES string of the molecule is CC[C@@H](C(=O)NC)N(Cc1ccccc1Cl)C(=O)CCCN(c1ccccc1OC)S(C)(=O)=O. The fraction of sp³-hybridized carbons (Fsp3) is 0.417. The van der Waals surface area contributed by atoms with Crippen LogP contribution < -0.4 is 14.4 Å². The summed E-state index contributed by atoms with van der Waals surface area (Å²) in [6.07, 6.45) is 1.85. The van der Waals surface area contributed by atoms with Gasteiger partial charge in [-0.2, -0.15) is 0 Å². The van der Waals surface area contributed by atoms with Crippen LogP contribution in [0.3, 0.4) is 0 Å². The van der Waals surface area contributed by atoms with Gasteiger partial charge in [0.15, 0.2) is 0 Å². The van der Waals surface area contributed by atoms with E-state index in [4.69, 9.17) is 16.3 Å². The molecule has 8 nitrogen and oxygen atoms in total. The lowest BCUT2D eigenvalue weighted by Crippen LogP contribution is -2.48. The Morgan fingerprint density at radius 3 is 2.35 bits per heavy atom. The monoisotopic (exact) mass is 509 g/mol. The van der Waals surface area contributed by atoms with Crippen LogP contribution in [0, 0.1) is 0 Å². The molecule has 0 unspecified atom stereocenters. The van der Waals surface area contributed by atoms with Crippen LogP contribution in [0.1, 0.15) is 31.7 Å².